The first-order valence-corrected chi connectivity index (χ1v) is 9.20. The van der Waals surface area contributed by atoms with Gasteiger partial charge in [-0.2, -0.15) is 0 Å². The van der Waals surface area contributed by atoms with Gasteiger partial charge in [-0.05, 0) is 61.3 Å². The molecule has 130 valence electrons. The molecule has 0 fully saturated rings. The van der Waals surface area contributed by atoms with Crippen molar-refractivity contribution in [2.24, 2.45) is 0 Å². The van der Waals surface area contributed by atoms with E-state index in [0.29, 0.717) is 5.05 Å². The molecule has 3 heteroatoms. The van der Waals surface area contributed by atoms with Crippen LogP contribution in [0.1, 0.15) is 23.1 Å². The zero-order valence-electron chi connectivity index (χ0n) is 15.2. The van der Waals surface area contributed by atoms with Crippen molar-refractivity contribution in [2.75, 3.05) is 11.9 Å². The monoisotopic (exact) mass is 359 g/mol. The number of nitrogens with zero attached hydrogens (tertiary/aromatic N) is 1. The summed E-state index contributed by atoms with van der Waals surface area (Å²) in [5.74, 6) is 0.860. The van der Waals surface area contributed by atoms with E-state index in [9.17, 15) is 0 Å². The molecule has 0 aromatic heterocycles. The number of likely N-dealkylation sites (N-methyl/N-ethyl adjacent to an activating group) is 1. The topological polar surface area (TPSA) is 12.5 Å². The molecule has 2 aromatic rings. The molecule has 1 aliphatic heterocycles. The highest BCUT2D eigenvalue weighted by Gasteiger charge is 2.29. The van der Waals surface area contributed by atoms with E-state index < -0.39 is 0 Å². The smallest absolute Gasteiger partial charge is 0.199 e. The maximum absolute atomic E-state index is 6.26. The van der Waals surface area contributed by atoms with Gasteiger partial charge in [0.2, 0.25) is 0 Å². The fourth-order valence-electron chi connectivity index (χ4n) is 3.70. The Labute approximate surface area is 160 Å². The minimum absolute atomic E-state index is 0.541. The van der Waals surface area contributed by atoms with Crippen molar-refractivity contribution in [3.8, 4) is 5.75 Å². The third-order valence-electron chi connectivity index (χ3n) is 5.03. The summed E-state index contributed by atoms with van der Waals surface area (Å²) in [6, 6.07) is 14.5. The van der Waals surface area contributed by atoms with Crippen molar-refractivity contribution in [1.29, 1.82) is 0 Å². The number of hydrogen-bond donors (Lipinski definition) is 0. The first-order valence-electron chi connectivity index (χ1n) is 8.80. The zero-order chi connectivity index (χ0) is 18.3. The highest BCUT2D eigenvalue weighted by Crippen LogP contribution is 2.43. The second-order valence-electron chi connectivity index (χ2n) is 6.72. The van der Waals surface area contributed by atoms with Crippen molar-refractivity contribution in [1.82, 2.24) is 0 Å². The van der Waals surface area contributed by atoms with Gasteiger partial charge in [-0.25, -0.2) is 0 Å². The van der Waals surface area contributed by atoms with Gasteiger partial charge in [0.25, 0.3) is 0 Å². The normalized spacial score (nSPS) is 15.3. The van der Waals surface area contributed by atoms with Gasteiger partial charge in [0.1, 0.15) is 5.75 Å². The van der Waals surface area contributed by atoms with E-state index in [1.165, 1.54) is 11.3 Å². The SMILES string of the molecule is Cc1cccc(C)c1OC(=S)C1=C2CC=CC=C2N(C)c2ccccc21. The molecule has 0 unspecified atom stereocenters. The lowest BCUT2D eigenvalue weighted by Crippen LogP contribution is -2.27. The Morgan fingerprint density at radius 2 is 1.77 bits per heavy atom. The Kier molecular flexibility index (Phi) is 4.25. The molecule has 1 heterocycles. The summed E-state index contributed by atoms with van der Waals surface area (Å²) < 4.78 is 6.26. The molecule has 0 bridgehead atoms. The Balaban J connectivity index is 1.84. The maximum Gasteiger partial charge on any atom is 0.199 e. The number of rotatable bonds is 2. The first-order chi connectivity index (χ1) is 12.6. The molecule has 0 saturated carbocycles. The lowest BCUT2D eigenvalue weighted by atomic mass is 9.88. The number of thiocarbonyl (C=S) groups is 1. The lowest BCUT2D eigenvalue weighted by molar-refractivity contribution is 0.561. The Bertz CT molecular complexity index is 977. The number of allylic oxidation sites excluding steroid dienone is 4. The minimum Gasteiger partial charge on any atom is -0.445 e. The van der Waals surface area contributed by atoms with Gasteiger partial charge in [-0.1, -0.05) is 48.6 Å². The summed E-state index contributed by atoms with van der Waals surface area (Å²) in [5, 5.41) is 0.541. The molecule has 26 heavy (non-hydrogen) atoms. The van der Waals surface area contributed by atoms with E-state index in [1.54, 1.807) is 0 Å². The maximum atomic E-state index is 6.26. The molecule has 0 N–H and O–H groups in total. The van der Waals surface area contributed by atoms with Gasteiger partial charge < -0.3 is 9.64 Å². The van der Waals surface area contributed by atoms with Crippen LogP contribution in [0.4, 0.5) is 5.69 Å². The van der Waals surface area contributed by atoms with Crippen LogP contribution in [-0.4, -0.2) is 12.1 Å². The zero-order valence-corrected chi connectivity index (χ0v) is 16.1. The Morgan fingerprint density at radius 1 is 1.04 bits per heavy atom. The Morgan fingerprint density at radius 3 is 2.54 bits per heavy atom. The highest BCUT2D eigenvalue weighted by molar-refractivity contribution is 7.81. The fraction of sp³-hybridized carbons (Fsp3) is 0.174. The highest BCUT2D eigenvalue weighted by atomic mass is 32.1. The van der Waals surface area contributed by atoms with Crippen LogP contribution in [0.5, 0.6) is 5.75 Å². The van der Waals surface area contributed by atoms with E-state index in [-0.39, 0.29) is 0 Å². The molecule has 2 aromatic carbocycles. The van der Waals surface area contributed by atoms with Gasteiger partial charge >= 0.3 is 0 Å². The quantitative estimate of drug-likeness (QED) is 0.633. The van der Waals surface area contributed by atoms with Crippen LogP contribution >= 0.6 is 12.2 Å². The minimum atomic E-state index is 0.541. The number of ether oxygens (including phenoxy) is 1. The number of hydrogen-bond acceptors (Lipinski definition) is 3. The van der Waals surface area contributed by atoms with E-state index in [4.69, 9.17) is 17.0 Å². The molecule has 1 aliphatic carbocycles. The molecular weight excluding hydrogens is 338 g/mol. The van der Waals surface area contributed by atoms with Crippen LogP contribution in [0, 0.1) is 13.8 Å². The van der Waals surface area contributed by atoms with Crippen LogP contribution in [0.25, 0.3) is 5.57 Å². The van der Waals surface area contributed by atoms with Crippen LogP contribution < -0.4 is 9.64 Å². The Hall–Kier alpha value is -2.65. The second-order valence-corrected chi connectivity index (χ2v) is 7.10. The van der Waals surface area contributed by atoms with Crippen LogP contribution in [0.3, 0.4) is 0 Å². The summed E-state index contributed by atoms with van der Waals surface area (Å²) in [6.07, 6.45) is 7.28. The molecular formula is C23H21NOS. The predicted octanol–water partition coefficient (Wildman–Crippen LogP) is 5.76. The number of benzene rings is 2. The van der Waals surface area contributed by atoms with Crippen molar-refractivity contribution >= 4 is 28.5 Å². The summed E-state index contributed by atoms with van der Waals surface area (Å²) in [4.78, 5) is 2.24. The number of para-hydroxylation sites is 2. The molecule has 4 rings (SSSR count). The van der Waals surface area contributed by atoms with Crippen LogP contribution in [-0.2, 0) is 0 Å². The number of fused-ring (bicyclic) bond motifs is 2. The fourth-order valence-corrected chi connectivity index (χ4v) is 4.02. The largest absolute Gasteiger partial charge is 0.445 e. The molecule has 0 saturated heterocycles. The third kappa shape index (κ3) is 2.69. The van der Waals surface area contributed by atoms with E-state index >= 15 is 0 Å². The standard InChI is InChI=1S/C23H21NOS/c1-15-9-8-10-16(2)22(15)25-23(26)21-17-11-4-6-13-19(17)24(3)20-14-7-5-12-18(20)21/h4-11,13-14H,12H2,1-3H3. The molecule has 0 spiro atoms. The van der Waals surface area contributed by atoms with E-state index in [0.717, 1.165) is 40.1 Å². The molecule has 2 aliphatic rings. The third-order valence-corrected chi connectivity index (χ3v) is 5.31. The van der Waals surface area contributed by atoms with Gasteiger partial charge in [0.05, 0.1) is 0 Å². The van der Waals surface area contributed by atoms with E-state index in [1.807, 2.05) is 6.07 Å². The van der Waals surface area contributed by atoms with E-state index in [2.05, 4.69) is 80.4 Å². The molecule has 0 amide bonds. The van der Waals surface area contributed by atoms with Crippen molar-refractivity contribution in [3.63, 3.8) is 0 Å². The summed E-state index contributed by atoms with van der Waals surface area (Å²) in [7, 11) is 2.11. The summed E-state index contributed by atoms with van der Waals surface area (Å²) in [5.41, 5.74) is 7.93. The van der Waals surface area contributed by atoms with Crippen LogP contribution in [0.2, 0.25) is 0 Å². The summed E-state index contributed by atoms with van der Waals surface area (Å²) in [6.45, 7) is 4.11. The molecule has 2 nitrogen and oxygen atoms in total. The van der Waals surface area contributed by atoms with Crippen molar-refractivity contribution in [2.45, 2.75) is 20.3 Å². The molecule has 0 radical (unpaired) electrons. The average molecular weight is 359 g/mol. The number of anilines is 1. The van der Waals surface area contributed by atoms with Gasteiger partial charge in [0, 0.05) is 29.6 Å². The van der Waals surface area contributed by atoms with Crippen LogP contribution in [0.15, 0.2) is 72.0 Å². The predicted molar refractivity (Wildman–Crippen MR) is 113 cm³/mol. The first kappa shape index (κ1) is 16.8. The average Bonchev–Trinajstić information content (AvgIpc) is 2.65. The van der Waals surface area contributed by atoms with Gasteiger partial charge in [-0.15, -0.1) is 0 Å². The lowest BCUT2D eigenvalue weighted by Gasteiger charge is -2.35. The van der Waals surface area contributed by atoms with Crippen molar-refractivity contribution in [3.05, 3.63) is 88.7 Å². The van der Waals surface area contributed by atoms with Crippen molar-refractivity contribution < 1.29 is 4.74 Å². The molecule has 0 atom stereocenters. The van der Waals surface area contributed by atoms with Gasteiger partial charge in [-0.3, -0.25) is 0 Å². The number of aryl methyl sites for hydroxylation is 2. The van der Waals surface area contributed by atoms with Gasteiger partial charge in [0.15, 0.2) is 5.05 Å². The second kappa shape index (κ2) is 6.58. The summed E-state index contributed by atoms with van der Waals surface area (Å²) >= 11 is 5.81.